The van der Waals surface area contributed by atoms with Gasteiger partial charge in [0.2, 0.25) is 0 Å². The maximum atomic E-state index is 11.7. The molecule has 88 valence electrons. The molecular formula is C10H20N2O3. The first-order valence-corrected chi connectivity index (χ1v) is 5.04. The Morgan fingerprint density at radius 1 is 1.40 bits per heavy atom. The Kier molecular flexibility index (Phi) is 4.58. The van der Waals surface area contributed by atoms with E-state index in [1.165, 1.54) is 13.8 Å². The molecule has 5 nitrogen and oxygen atoms in total. The standard InChI is InChI=1S/C10H20N2O3/c1-6-12(7(2)3)9(15)11-10(4,5)8(13)14/h7H,6H2,1-5H3,(H,11,15)(H,13,14). The van der Waals surface area contributed by atoms with E-state index in [0.29, 0.717) is 6.54 Å². The number of amides is 2. The van der Waals surface area contributed by atoms with Gasteiger partial charge < -0.3 is 15.3 Å². The number of urea groups is 1. The molecular weight excluding hydrogens is 196 g/mol. The molecule has 0 aliphatic rings. The summed E-state index contributed by atoms with van der Waals surface area (Å²) in [6.07, 6.45) is 0. The number of carbonyl (C=O) groups is 2. The molecule has 0 unspecified atom stereocenters. The third kappa shape index (κ3) is 3.77. The predicted molar refractivity (Wildman–Crippen MR) is 57.8 cm³/mol. The molecule has 0 spiro atoms. The number of aliphatic carboxylic acids is 1. The van der Waals surface area contributed by atoms with Crippen LogP contribution in [-0.2, 0) is 4.79 Å². The van der Waals surface area contributed by atoms with Gasteiger partial charge in [0.15, 0.2) is 0 Å². The van der Waals surface area contributed by atoms with Gasteiger partial charge in [0, 0.05) is 12.6 Å². The molecule has 15 heavy (non-hydrogen) atoms. The van der Waals surface area contributed by atoms with Crippen molar-refractivity contribution in [3.63, 3.8) is 0 Å². The van der Waals surface area contributed by atoms with Crippen LogP contribution in [-0.4, -0.2) is 40.1 Å². The van der Waals surface area contributed by atoms with Crippen molar-refractivity contribution in [2.75, 3.05) is 6.54 Å². The first-order valence-electron chi connectivity index (χ1n) is 5.04. The first kappa shape index (κ1) is 13.7. The lowest BCUT2D eigenvalue weighted by atomic mass is 10.1. The van der Waals surface area contributed by atoms with E-state index < -0.39 is 11.5 Å². The maximum Gasteiger partial charge on any atom is 0.328 e. The van der Waals surface area contributed by atoms with Crippen LogP contribution >= 0.6 is 0 Å². The van der Waals surface area contributed by atoms with Crippen molar-refractivity contribution >= 4 is 12.0 Å². The molecule has 0 saturated carbocycles. The molecule has 5 heteroatoms. The Hall–Kier alpha value is -1.26. The summed E-state index contributed by atoms with van der Waals surface area (Å²) in [5.74, 6) is -1.05. The highest BCUT2D eigenvalue weighted by Crippen LogP contribution is 2.05. The van der Waals surface area contributed by atoms with E-state index >= 15 is 0 Å². The topological polar surface area (TPSA) is 69.6 Å². The van der Waals surface area contributed by atoms with Gasteiger partial charge >= 0.3 is 12.0 Å². The molecule has 0 heterocycles. The fraction of sp³-hybridized carbons (Fsp3) is 0.800. The van der Waals surface area contributed by atoms with Crippen LogP contribution in [0.5, 0.6) is 0 Å². The lowest BCUT2D eigenvalue weighted by molar-refractivity contribution is -0.143. The quantitative estimate of drug-likeness (QED) is 0.744. The van der Waals surface area contributed by atoms with Gasteiger partial charge in [-0.2, -0.15) is 0 Å². The van der Waals surface area contributed by atoms with Crippen LogP contribution in [0.1, 0.15) is 34.6 Å². The minimum absolute atomic E-state index is 0.0552. The molecule has 0 aliphatic carbocycles. The van der Waals surface area contributed by atoms with E-state index in [9.17, 15) is 9.59 Å². The number of carbonyl (C=O) groups excluding carboxylic acids is 1. The lowest BCUT2D eigenvalue weighted by Crippen LogP contribution is -2.55. The van der Waals surface area contributed by atoms with Crippen LogP contribution < -0.4 is 5.32 Å². The second-order valence-corrected chi connectivity index (χ2v) is 4.24. The Balaban J connectivity index is 4.54. The highest BCUT2D eigenvalue weighted by molar-refractivity contribution is 5.85. The van der Waals surface area contributed by atoms with E-state index in [0.717, 1.165) is 0 Å². The van der Waals surface area contributed by atoms with Gasteiger partial charge in [-0.1, -0.05) is 0 Å². The predicted octanol–water partition coefficient (Wildman–Crippen LogP) is 1.29. The molecule has 0 aromatic heterocycles. The molecule has 0 radical (unpaired) electrons. The smallest absolute Gasteiger partial charge is 0.328 e. The Morgan fingerprint density at radius 2 is 1.87 bits per heavy atom. The van der Waals surface area contributed by atoms with E-state index in [2.05, 4.69) is 5.32 Å². The summed E-state index contributed by atoms with van der Waals surface area (Å²) in [5.41, 5.74) is -1.24. The van der Waals surface area contributed by atoms with Gasteiger partial charge in [0.05, 0.1) is 0 Å². The van der Waals surface area contributed by atoms with Gasteiger partial charge in [-0.05, 0) is 34.6 Å². The summed E-state index contributed by atoms with van der Waals surface area (Å²) in [7, 11) is 0. The van der Waals surface area contributed by atoms with Crippen molar-refractivity contribution in [3.05, 3.63) is 0 Å². The third-order valence-corrected chi connectivity index (χ3v) is 2.18. The van der Waals surface area contributed by atoms with E-state index in [4.69, 9.17) is 5.11 Å². The summed E-state index contributed by atoms with van der Waals surface area (Å²) in [6.45, 7) is 9.10. The number of carboxylic acids is 1. The van der Waals surface area contributed by atoms with Crippen LogP contribution in [0.4, 0.5) is 4.79 Å². The summed E-state index contributed by atoms with van der Waals surface area (Å²) in [6, 6.07) is -0.292. The van der Waals surface area contributed by atoms with E-state index in [-0.39, 0.29) is 12.1 Å². The van der Waals surface area contributed by atoms with Crippen LogP contribution in [0.3, 0.4) is 0 Å². The van der Waals surface area contributed by atoms with E-state index in [1.54, 1.807) is 4.90 Å². The molecule has 0 aromatic carbocycles. The Morgan fingerprint density at radius 3 is 2.13 bits per heavy atom. The molecule has 0 fully saturated rings. The monoisotopic (exact) mass is 216 g/mol. The highest BCUT2D eigenvalue weighted by Gasteiger charge is 2.30. The summed E-state index contributed by atoms with van der Waals surface area (Å²) >= 11 is 0. The van der Waals surface area contributed by atoms with E-state index in [1.807, 2.05) is 20.8 Å². The maximum absolute atomic E-state index is 11.7. The Labute approximate surface area is 90.5 Å². The Bertz CT molecular complexity index is 249. The fourth-order valence-corrected chi connectivity index (χ4v) is 1.14. The summed E-state index contributed by atoms with van der Waals surface area (Å²) < 4.78 is 0. The SMILES string of the molecule is CCN(C(=O)NC(C)(C)C(=O)O)C(C)C. The van der Waals surface area contributed by atoms with Crippen molar-refractivity contribution in [2.45, 2.75) is 46.2 Å². The molecule has 0 atom stereocenters. The fourth-order valence-electron chi connectivity index (χ4n) is 1.14. The van der Waals surface area contributed by atoms with Gasteiger partial charge in [0.1, 0.15) is 5.54 Å². The summed E-state index contributed by atoms with van der Waals surface area (Å²) in [5, 5.41) is 11.3. The number of nitrogens with zero attached hydrogens (tertiary/aromatic N) is 1. The zero-order valence-corrected chi connectivity index (χ0v) is 10.00. The largest absolute Gasteiger partial charge is 0.480 e. The van der Waals surface area contributed by atoms with Gasteiger partial charge in [-0.15, -0.1) is 0 Å². The number of carboxylic acid groups (broad SMARTS) is 1. The minimum Gasteiger partial charge on any atom is -0.480 e. The molecule has 0 aromatic rings. The zero-order chi connectivity index (χ0) is 12.2. The van der Waals surface area contributed by atoms with Crippen molar-refractivity contribution in [2.24, 2.45) is 0 Å². The van der Waals surface area contributed by atoms with Crippen LogP contribution in [0, 0.1) is 0 Å². The second-order valence-electron chi connectivity index (χ2n) is 4.24. The lowest BCUT2D eigenvalue weighted by Gasteiger charge is -2.30. The number of rotatable bonds is 4. The van der Waals surface area contributed by atoms with Crippen molar-refractivity contribution in [1.29, 1.82) is 0 Å². The van der Waals surface area contributed by atoms with Crippen LogP contribution in [0.2, 0.25) is 0 Å². The average Bonchev–Trinajstić information content (AvgIpc) is 2.02. The van der Waals surface area contributed by atoms with Crippen LogP contribution in [0.25, 0.3) is 0 Å². The van der Waals surface area contributed by atoms with Gasteiger partial charge in [-0.3, -0.25) is 0 Å². The molecule has 0 aliphatic heterocycles. The normalized spacial score (nSPS) is 11.3. The van der Waals surface area contributed by atoms with Crippen molar-refractivity contribution in [3.8, 4) is 0 Å². The van der Waals surface area contributed by atoms with Crippen molar-refractivity contribution in [1.82, 2.24) is 10.2 Å². The van der Waals surface area contributed by atoms with Crippen molar-refractivity contribution < 1.29 is 14.7 Å². The first-order chi connectivity index (χ1) is 6.72. The molecule has 0 rings (SSSR count). The number of nitrogens with one attached hydrogen (secondary N) is 1. The number of hydrogen-bond donors (Lipinski definition) is 2. The average molecular weight is 216 g/mol. The molecule has 2 amide bonds. The molecule has 0 saturated heterocycles. The molecule has 0 bridgehead atoms. The highest BCUT2D eigenvalue weighted by atomic mass is 16.4. The zero-order valence-electron chi connectivity index (χ0n) is 10.00. The molecule has 2 N–H and O–H groups in total. The second kappa shape index (κ2) is 5.00. The minimum atomic E-state index is -1.24. The number of hydrogen-bond acceptors (Lipinski definition) is 2. The van der Waals surface area contributed by atoms with Crippen LogP contribution in [0.15, 0.2) is 0 Å². The summed E-state index contributed by atoms with van der Waals surface area (Å²) in [4.78, 5) is 24.1. The van der Waals surface area contributed by atoms with Gasteiger partial charge in [0.25, 0.3) is 0 Å². The third-order valence-electron chi connectivity index (χ3n) is 2.18. The van der Waals surface area contributed by atoms with Gasteiger partial charge in [-0.25, -0.2) is 9.59 Å².